The molecule has 0 spiro atoms. The number of benzene rings is 1. The Morgan fingerprint density at radius 1 is 1.22 bits per heavy atom. The lowest BCUT2D eigenvalue weighted by atomic mass is 9.76. The van der Waals surface area contributed by atoms with Gasteiger partial charge in [-0.2, -0.15) is 13.2 Å². The van der Waals surface area contributed by atoms with E-state index in [2.05, 4.69) is 4.98 Å². The number of aliphatic hydroxyl groups excluding tert-OH is 2. The minimum atomic E-state index is -4.83. The monoisotopic (exact) mass is 384 g/mol. The molecule has 146 valence electrons. The van der Waals surface area contributed by atoms with E-state index < -0.39 is 41.7 Å². The van der Waals surface area contributed by atoms with Gasteiger partial charge in [0.1, 0.15) is 5.82 Å². The summed E-state index contributed by atoms with van der Waals surface area (Å²) in [4.78, 5) is 3.84. The third kappa shape index (κ3) is 2.69. The zero-order valence-corrected chi connectivity index (χ0v) is 14.5. The van der Waals surface area contributed by atoms with E-state index in [4.69, 9.17) is 0 Å². The van der Waals surface area contributed by atoms with Crippen molar-refractivity contribution in [3.63, 3.8) is 0 Å². The first kappa shape index (κ1) is 18.4. The molecule has 4 nitrogen and oxygen atoms in total. The number of halogens is 4. The van der Waals surface area contributed by atoms with Gasteiger partial charge < -0.3 is 14.8 Å². The standard InChI is InChI=1S/C19H20F4N2O2/c20-14-3-1-2-13-15-9-24-10-25(15)18(17(13)14,19(21,22)23)8-16(27)11-4-6-12(26)7-5-11/h1-3,9-12,16,26-27H,4-8H2. The summed E-state index contributed by atoms with van der Waals surface area (Å²) >= 11 is 0. The van der Waals surface area contributed by atoms with Crippen LogP contribution in [0.3, 0.4) is 0 Å². The number of nitrogens with zero attached hydrogens (tertiary/aromatic N) is 2. The molecule has 0 saturated heterocycles. The smallest absolute Gasteiger partial charge is 0.393 e. The van der Waals surface area contributed by atoms with Crippen LogP contribution in [0.5, 0.6) is 0 Å². The normalized spacial score (nSPS) is 28.7. The van der Waals surface area contributed by atoms with Crippen molar-refractivity contribution in [3.8, 4) is 11.3 Å². The number of hydrogen-bond donors (Lipinski definition) is 2. The topological polar surface area (TPSA) is 58.3 Å². The molecule has 0 radical (unpaired) electrons. The third-order valence-corrected chi connectivity index (χ3v) is 6.01. The number of aliphatic hydroxyl groups is 2. The summed E-state index contributed by atoms with van der Waals surface area (Å²) in [6, 6.07) is 3.84. The predicted octanol–water partition coefficient (Wildman–Crippen LogP) is 3.61. The highest BCUT2D eigenvalue weighted by Gasteiger charge is 2.63. The van der Waals surface area contributed by atoms with Crippen molar-refractivity contribution in [3.05, 3.63) is 42.1 Å². The molecular formula is C19H20F4N2O2. The van der Waals surface area contributed by atoms with Crippen LogP contribution in [0.25, 0.3) is 11.3 Å². The van der Waals surface area contributed by atoms with Crippen LogP contribution >= 0.6 is 0 Å². The molecule has 4 rings (SSSR count). The van der Waals surface area contributed by atoms with Gasteiger partial charge >= 0.3 is 6.18 Å². The first-order valence-corrected chi connectivity index (χ1v) is 9.00. The molecule has 2 N–H and O–H groups in total. The van der Waals surface area contributed by atoms with Crippen LogP contribution in [0.4, 0.5) is 17.6 Å². The summed E-state index contributed by atoms with van der Waals surface area (Å²) < 4.78 is 59.0. The maximum absolute atomic E-state index is 14.7. The van der Waals surface area contributed by atoms with Gasteiger partial charge in [0.2, 0.25) is 0 Å². The molecule has 2 unspecified atom stereocenters. The van der Waals surface area contributed by atoms with Crippen molar-refractivity contribution in [1.29, 1.82) is 0 Å². The number of hydrogen-bond acceptors (Lipinski definition) is 3. The lowest BCUT2D eigenvalue weighted by molar-refractivity contribution is -0.209. The van der Waals surface area contributed by atoms with Crippen molar-refractivity contribution in [2.45, 2.75) is 56.0 Å². The highest BCUT2D eigenvalue weighted by atomic mass is 19.4. The molecule has 1 aliphatic carbocycles. The van der Waals surface area contributed by atoms with Gasteiger partial charge in [0.25, 0.3) is 0 Å². The van der Waals surface area contributed by atoms with Crippen molar-refractivity contribution in [2.75, 3.05) is 0 Å². The van der Waals surface area contributed by atoms with Gasteiger partial charge in [0.05, 0.1) is 30.4 Å². The fourth-order valence-corrected chi connectivity index (χ4v) is 4.63. The average molecular weight is 384 g/mol. The van der Waals surface area contributed by atoms with Crippen LogP contribution < -0.4 is 0 Å². The van der Waals surface area contributed by atoms with Gasteiger partial charge in [-0.25, -0.2) is 9.37 Å². The molecule has 1 fully saturated rings. The second kappa shape index (κ2) is 6.31. The summed E-state index contributed by atoms with van der Waals surface area (Å²) in [7, 11) is 0. The van der Waals surface area contributed by atoms with Crippen LogP contribution in [-0.4, -0.2) is 38.1 Å². The Hall–Kier alpha value is -1.93. The van der Waals surface area contributed by atoms with Gasteiger partial charge in [-0.3, -0.25) is 0 Å². The molecule has 0 bridgehead atoms. The first-order valence-electron chi connectivity index (χ1n) is 9.00. The van der Waals surface area contributed by atoms with Gasteiger partial charge in [-0.15, -0.1) is 0 Å². The van der Waals surface area contributed by atoms with E-state index in [9.17, 15) is 27.8 Å². The molecule has 2 heterocycles. The number of rotatable bonds is 3. The number of fused-ring (bicyclic) bond motifs is 3. The summed E-state index contributed by atoms with van der Waals surface area (Å²) in [6.45, 7) is 0. The molecule has 1 saturated carbocycles. The Bertz CT molecular complexity index is 842. The molecule has 1 aliphatic heterocycles. The van der Waals surface area contributed by atoms with Crippen molar-refractivity contribution in [1.82, 2.24) is 9.55 Å². The van der Waals surface area contributed by atoms with Crippen LogP contribution in [-0.2, 0) is 5.54 Å². The Labute approximate surface area is 153 Å². The zero-order valence-electron chi connectivity index (χ0n) is 14.5. The molecular weight excluding hydrogens is 364 g/mol. The summed E-state index contributed by atoms with van der Waals surface area (Å²) in [5, 5.41) is 20.3. The Morgan fingerprint density at radius 2 is 1.93 bits per heavy atom. The second-order valence-corrected chi connectivity index (χ2v) is 7.51. The van der Waals surface area contributed by atoms with Crippen LogP contribution in [0.1, 0.15) is 37.7 Å². The van der Waals surface area contributed by atoms with Crippen LogP contribution in [0, 0.1) is 11.7 Å². The highest BCUT2D eigenvalue weighted by Crippen LogP contribution is 2.55. The van der Waals surface area contributed by atoms with Gasteiger partial charge in [0, 0.05) is 17.5 Å². The highest BCUT2D eigenvalue weighted by molar-refractivity contribution is 5.71. The van der Waals surface area contributed by atoms with E-state index in [1.165, 1.54) is 18.3 Å². The minimum absolute atomic E-state index is 0.149. The van der Waals surface area contributed by atoms with E-state index in [1.807, 2.05) is 0 Å². The van der Waals surface area contributed by atoms with Crippen molar-refractivity contribution in [2.24, 2.45) is 5.92 Å². The number of aromatic nitrogens is 2. The molecule has 2 aromatic rings. The van der Waals surface area contributed by atoms with E-state index in [-0.39, 0.29) is 17.2 Å². The van der Waals surface area contributed by atoms with Crippen LogP contribution in [0.15, 0.2) is 30.7 Å². The lowest BCUT2D eigenvalue weighted by Crippen LogP contribution is -2.50. The minimum Gasteiger partial charge on any atom is -0.393 e. The molecule has 8 heteroatoms. The molecule has 27 heavy (non-hydrogen) atoms. The Morgan fingerprint density at radius 3 is 2.59 bits per heavy atom. The third-order valence-electron chi connectivity index (χ3n) is 6.01. The lowest BCUT2D eigenvalue weighted by Gasteiger charge is -2.39. The predicted molar refractivity (Wildman–Crippen MR) is 89.3 cm³/mol. The van der Waals surface area contributed by atoms with E-state index in [0.717, 1.165) is 17.0 Å². The SMILES string of the molecule is OC1CCC(C(O)CC2(C(F)(F)F)c3c(F)cccc3-c3cncn32)CC1. The molecule has 1 aromatic heterocycles. The average Bonchev–Trinajstić information content (AvgIpc) is 3.17. The van der Waals surface area contributed by atoms with E-state index in [1.54, 1.807) is 0 Å². The maximum Gasteiger partial charge on any atom is 0.416 e. The van der Waals surface area contributed by atoms with Gasteiger partial charge in [-0.1, -0.05) is 12.1 Å². The van der Waals surface area contributed by atoms with E-state index >= 15 is 0 Å². The van der Waals surface area contributed by atoms with Crippen molar-refractivity contribution >= 4 is 0 Å². The fourth-order valence-electron chi connectivity index (χ4n) is 4.63. The van der Waals surface area contributed by atoms with Crippen LogP contribution in [0.2, 0.25) is 0 Å². The molecule has 0 amide bonds. The van der Waals surface area contributed by atoms with Crippen molar-refractivity contribution < 1.29 is 27.8 Å². The van der Waals surface area contributed by atoms with Gasteiger partial charge in [0.15, 0.2) is 5.54 Å². The summed E-state index contributed by atoms with van der Waals surface area (Å²) in [5.74, 6) is -1.31. The largest absolute Gasteiger partial charge is 0.416 e. The summed E-state index contributed by atoms with van der Waals surface area (Å²) in [5.41, 5.74) is -2.82. The Balaban J connectivity index is 1.81. The fraction of sp³-hybridized carbons (Fsp3) is 0.526. The van der Waals surface area contributed by atoms with E-state index in [0.29, 0.717) is 25.7 Å². The first-order chi connectivity index (χ1) is 12.8. The molecule has 2 aliphatic rings. The Kier molecular flexibility index (Phi) is 4.31. The van der Waals surface area contributed by atoms with Gasteiger partial charge in [-0.05, 0) is 37.7 Å². The number of imidazole rings is 1. The number of alkyl halides is 3. The molecule has 2 atom stereocenters. The second-order valence-electron chi connectivity index (χ2n) is 7.51. The summed E-state index contributed by atoms with van der Waals surface area (Å²) in [6.07, 6.45) is -3.15. The maximum atomic E-state index is 14.7. The molecule has 1 aromatic carbocycles. The zero-order chi connectivity index (χ0) is 19.4. The quantitative estimate of drug-likeness (QED) is 0.795.